The summed E-state index contributed by atoms with van der Waals surface area (Å²) < 4.78 is 0. The van der Waals surface area contributed by atoms with Gasteiger partial charge in [-0.25, -0.2) is 0 Å². The lowest BCUT2D eigenvalue weighted by Gasteiger charge is -2.46. The highest BCUT2D eigenvalue weighted by molar-refractivity contribution is 5.97. The van der Waals surface area contributed by atoms with Crippen LogP contribution in [0.2, 0.25) is 0 Å². The average molecular weight is 325 g/mol. The van der Waals surface area contributed by atoms with E-state index in [4.69, 9.17) is 0 Å². The van der Waals surface area contributed by atoms with Gasteiger partial charge in [-0.15, -0.1) is 0 Å². The maximum atomic E-state index is 12.9. The third-order valence-corrected chi connectivity index (χ3v) is 5.41. The van der Waals surface area contributed by atoms with E-state index in [-0.39, 0.29) is 30.4 Å². The largest absolute Gasteiger partial charge is 0.356 e. The first-order valence-corrected chi connectivity index (χ1v) is 8.81. The van der Waals surface area contributed by atoms with Gasteiger partial charge in [0.1, 0.15) is 6.04 Å². The molecule has 24 heavy (non-hydrogen) atoms. The fourth-order valence-electron chi connectivity index (χ4n) is 4.17. The van der Waals surface area contributed by atoms with Crippen molar-refractivity contribution in [3.05, 3.63) is 35.5 Å². The molecule has 2 atom stereocenters. The van der Waals surface area contributed by atoms with Crippen LogP contribution in [-0.4, -0.2) is 45.7 Å². The molecule has 0 radical (unpaired) electrons. The minimum atomic E-state index is -0.357. The summed E-state index contributed by atoms with van der Waals surface area (Å²) in [6, 6.07) is 7.73. The Morgan fingerprint density at radius 2 is 2.04 bits per heavy atom. The van der Waals surface area contributed by atoms with Crippen LogP contribution in [-0.2, 0) is 16.0 Å². The van der Waals surface area contributed by atoms with E-state index < -0.39 is 0 Å². The number of hydrogen-bond acceptors (Lipinski definition) is 2. The number of aromatic nitrogens is 1. The van der Waals surface area contributed by atoms with Crippen molar-refractivity contribution in [3.63, 3.8) is 0 Å². The van der Waals surface area contributed by atoms with E-state index in [9.17, 15) is 9.59 Å². The molecule has 1 aromatic carbocycles. The molecule has 4 rings (SSSR count). The molecule has 2 aromatic rings. The molecule has 1 N–H and O–H groups in total. The van der Waals surface area contributed by atoms with Gasteiger partial charge in [0, 0.05) is 29.6 Å². The standard InChI is InChI=1S/C19H23N3O2/c1-3-4-9-21-11-17(23)22-12(2)18-14(10-16(22)19(21)24)13-7-5-6-8-15(13)20-18/h5-8,12,16,20H,3-4,9-11H2,1-2H3/t12-,16+/m0/s1. The number of fused-ring (bicyclic) bond motifs is 4. The lowest BCUT2D eigenvalue weighted by atomic mass is 9.90. The van der Waals surface area contributed by atoms with Crippen molar-refractivity contribution in [1.29, 1.82) is 0 Å². The smallest absolute Gasteiger partial charge is 0.246 e. The number of amides is 2. The Labute approximate surface area is 141 Å². The Morgan fingerprint density at radius 1 is 1.25 bits per heavy atom. The van der Waals surface area contributed by atoms with Gasteiger partial charge in [0.2, 0.25) is 11.8 Å². The summed E-state index contributed by atoms with van der Waals surface area (Å²) in [5, 5.41) is 1.17. The van der Waals surface area contributed by atoms with E-state index in [1.165, 1.54) is 10.9 Å². The van der Waals surface area contributed by atoms with Crippen molar-refractivity contribution < 1.29 is 9.59 Å². The summed E-state index contributed by atoms with van der Waals surface area (Å²) >= 11 is 0. The Bertz CT molecular complexity index is 810. The lowest BCUT2D eigenvalue weighted by molar-refractivity contribution is -0.159. The van der Waals surface area contributed by atoms with Gasteiger partial charge in [-0.1, -0.05) is 31.5 Å². The maximum Gasteiger partial charge on any atom is 0.246 e. The molecule has 2 amide bonds. The van der Waals surface area contributed by atoms with Crippen LogP contribution in [0.3, 0.4) is 0 Å². The highest BCUT2D eigenvalue weighted by atomic mass is 16.2. The number of para-hydroxylation sites is 1. The number of rotatable bonds is 3. The number of aromatic amines is 1. The fourth-order valence-corrected chi connectivity index (χ4v) is 4.17. The third-order valence-electron chi connectivity index (χ3n) is 5.41. The number of piperazine rings is 1. The molecule has 5 nitrogen and oxygen atoms in total. The first-order chi connectivity index (χ1) is 11.6. The Hall–Kier alpha value is -2.30. The van der Waals surface area contributed by atoms with Crippen LogP contribution in [0.25, 0.3) is 10.9 Å². The second-order valence-electron chi connectivity index (χ2n) is 6.87. The first-order valence-electron chi connectivity index (χ1n) is 8.81. The predicted octanol–water partition coefficient (Wildman–Crippen LogP) is 2.62. The number of nitrogens with one attached hydrogen (secondary N) is 1. The van der Waals surface area contributed by atoms with Gasteiger partial charge in [-0.05, 0) is 25.0 Å². The zero-order chi connectivity index (χ0) is 16.8. The predicted molar refractivity (Wildman–Crippen MR) is 92.5 cm³/mol. The molecular formula is C19H23N3O2. The summed E-state index contributed by atoms with van der Waals surface area (Å²) in [4.78, 5) is 32.7. The minimum absolute atomic E-state index is 0.0625. The van der Waals surface area contributed by atoms with Crippen LogP contribution >= 0.6 is 0 Å². The molecular weight excluding hydrogens is 302 g/mol. The molecule has 1 saturated heterocycles. The molecule has 2 aliphatic heterocycles. The van der Waals surface area contributed by atoms with Crippen LogP contribution in [0.1, 0.15) is 44.0 Å². The molecule has 0 spiro atoms. The molecule has 126 valence electrons. The lowest BCUT2D eigenvalue weighted by Crippen LogP contribution is -2.62. The van der Waals surface area contributed by atoms with E-state index in [1.807, 2.05) is 19.1 Å². The molecule has 3 heterocycles. The van der Waals surface area contributed by atoms with Crippen LogP contribution in [0.5, 0.6) is 0 Å². The van der Waals surface area contributed by atoms with Crippen LogP contribution in [0.4, 0.5) is 0 Å². The monoisotopic (exact) mass is 325 g/mol. The number of H-pyrrole nitrogens is 1. The van der Waals surface area contributed by atoms with Gasteiger partial charge in [-0.3, -0.25) is 9.59 Å². The van der Waals surface area contributed by atoms with Crippen molar-refractivity contribution in [2.45, 2.75) is 45.2 Å². The molecule has 5 heteroatoms. The number of benzene rings is 1. The Balaban J connectivity index is 1.74. The van der Waals surface area contributed by atoms with Crippen molar-refractivity contribution in [2.75, 3.05) is 13.1 Å². The molecule has 0 unspecified atom stereocenters. The zero-order valence-electron chi connectivity index (χ0n) is 14.2. The normalized spacial score (nSPS) is 23.6. The van der Waals surface area contributed by atoms with E-state index >= 15 is 0 Å². The van der Waals surface area contributed by atoms with Crippen molar-refractivity contribution >= 4 is 22.7 Å². The molecule has 2 aliphatic rings. The van der Waals surface area contributed by atoms with Crippen LogP contribution < -0.4 is 0 Å². The highest BCUT2D eigenvalue weighted by Gasteiger charge is 2.45. The fraction of sp³-hybridized carbons (Fsp3) is 0.474. The van der Waals surface area contributed by atoms with E-state index in [2.05, 4.69) is 24.0 Å². The van der Waals surface area contributed by atoms with E-state index in [0.717, 1.165) is 24.1 Å². The summed E-state index contributed by atoms with van der Waals surface area (Å²) in [5.41, 5.74) is 3.35. The quantitative estimate of drug-likeness (QED) is 0.943. The average Bonchev–Trinajstić information content (AvgIpc) is 2.96. The molecule has 0 saturated carbocycles. The minimum Gasteiger partial charge on any atom is -0.356 e. The topological polar surface area (TPSA) is 56.4 Å². The van der Waals surface area contributed by atoms with Crippen LogP contribution in [0, 0.1) is 0 Å². The molecule has 1 fully saturated rings. The Morgan fingerprint density at radius 3 is 2.83 bits per heavy atom. The van der Waals surface area contributed by atoms with Gasteiger partial charge in [-0.2, -0.15) is 0 Å². The SMILES string of the molecule is CCCCN1CC(=O)N2[C@H](Cc3c([nH]c4ccccc34)[C@@H]2C)C1=O. The number of carbonyl (C=O) groups excluding carboxylic acids is 2. The first kappa shape index (κ1) is 15.2. The number of carbonyl (C=O) groups is 2. The molecule has 1 aromatic heterocycles. The van der Waals surface area contributed by atoms with Gasteiger partial charge < -0.3 is 14.8 Å². The Kier molecular flexibility index (Phi) is 3.59. The van der Waals surface area contributed by atoms with E-state index in [1.54, 1.807) is 9.80 Å². The second kappa shape index (κ2) is 5.65. The second-order valence-corrected chi connectivity index (χ2v) is 6.87. The van der Waals surface area contributed by atoms with Crippen molar-refractivity contribution in [3.8, 4) is 0 Å². The van der Waals surface area contributed by atoms with Crippen molar-refractivity contribution in [1.82, 2.24) is 14.8 Å². The summed E-state index contributed by atoms with van der Waals surface area (Å²) in [5.74, 6) is 0.165. The highest BCUT2D eigenvalue weighted by Crippen LogP contribution is 2.38. The van der Waals surface area contributed by atoms with Gasteiger partial charge in [0.15, 0.2) is 0 Å². The molecule has 0 bridgehead atoms. The number of hydrogen-bond donors (Lipinski definition) is 1. The summed E-state index contributed by atoms with van der Waals surface area (Å²) in [6.45, 7) is 5.02. The van der Waals surface area contributed by atoms with E-state index in [0.29, 0.717) is 13.0 Å². The maximum absolute atomic E-state index is 12.9. The zero-order valence-corrected chi connectivity index (χ0v) is 14.2. The molecule has 0 aliphatic carbocycles. The summed E-state index contributed by atoms with van der Waals surface area (Å²) in [6.07, 6.45) is 2.58. The number of nitrogens with zero attached hydrogens (tertiary/aromatic N) is 2. The van der Waals surface area contributed by atoms with Crippen molar-refractivity contribution in [2.24, 2.45) is 0 Å². The van der Waals surface area contributed by atoms with Gasteiger partial charge in [0.25, 0.3) is 0 Å². The van der Waals surface area contributed by atoms with Gasteiger partial charge in [0.05, 0.1) is 12.6 Å². The summed E-state index contributed by atoms with van der Waals surface area (Å²) in [7, 11) is 0. The third kappa shape index (κ3) is 2.14. The van der Waals surface area contributed by atoms with Crippen LogP contribution in [0.15, 0.2) is 24.3 Å². The van der Waals surface area contributed by atoms with Gasteiger partial charge >= 0.3 is 0 Å². The number of unbranched alkanes of at least 4 members (excludes halogenated alkanes) is 1.